The summed E-state index contributed by atoms with van der Waals surface area (Å²) in [5, 5.41) is 2.40. The molecule has 0 aliphatic carbocycles. The van der Waals surface area contributed by atoms with Crippen LogP contribution in [-0.2, 0) is 0 Å². The van der Waals surface area contributed by atoms with Gasteiger partial charge in [-0.15, -0.1) is 0 Å². The van der Waals surface area contributed by atoms with Crippen LogP contribution in [0.2, 0.25) is 0 Å². The Labute approximate surface area is 71.8 Å². The van der Waals surface area contributed by atoms with E-state index in [2.05, 4.69) is 31.2 Å². The van der Waals surface area contributed by atoms with Crippen molar-refractivity contribution >= 4 is 16.5 Å². The molecule has 0 aliphatic heterocycles. The summed E-state index contributed by atoms with van der Waals surface area (Å²) in [5.74, 6) is 0. The average Bonchev–Trinajstić information content (AvgIpc) is 2.04. The molecule has 0 aliphatic rings. The van der Waals surface area contributed by atoms with E-state index < -0.39 is 0 Å². The van der Waals surface area contributed by atoms with Crippen molar-refractivity contribution in [2.45, 2.75) is 6.92 Å². The summed E-state index contributed by atoms with van der Waals surface area (Å²) in [7, 11) is 0. The highest BCUT2D eigenvalue weighted by atomic mass is 14.5. The Bertz CT molecular complexity index is 382. The van der Waals surface area contributed by atoms with Crippen molar-refractivity contribution in [3.8, 4) is 0 Å². The van der Waals surface area contributed by atoms with Gasteiger partial charge in [0.15, 0.2) is 0 Å². The van der Waals surface area contributed by atoms with Crippen LogP contribution in [0, 0.1) is 6.92 Å². The number of fused-ring (bicyclic) bond motifs is 1. The Morgan fingerprint density at radius 2 is 1.67 bits per heavy atom. The molecule has 0 aromatic heterocycles. The Kier molecular flexibility index (Phi) is 1.51. The molecule has 60 valence electrons. The van der Waals surface area contributed by atoms with Gasteiger partial charge in [0.2, 0.25) is 0 Å². The van der Waals surface area contributed by atoms with Crippen LogP contribution in [-0.4, -0.2) is 0 Å². The third kappa shape index (κ3) is 0.944. The lowest BCUT2D eigenvalue weighted by molar-refractivity contribution is 1.53. The van der Waals surface area contributed by atoms with Gasteiger partial charge in [-0.25, -0.2) is 0 Å². The highest BCUT2D eigenvalue weighted by Gasteiger charge is 1.98. The highest BCUT2D eigenvalue weighted by molar-refractivity contribution is 5.95. The number of hydrogen-bond donors (Lipinski definition) is 1. The molecule has 0 heterocycles. The smallest absolute Gasteiger partial charge is 0.0396 e. The van der Waals surface area contributed by atoms with Crippen molar-refractivity contribution in [1.29, 1.82) is 0 Å². The molecule has 1 heteroatoms. The van der Waals surface area contributed by atoms with E-state index in [4.69, 9.17) is 5.73 Å². The number of benzene rings is 2. The summed E-state index contributed by atoms with van der Waals surface area (Å²) in [4.78, 5) is 0. The Balaban J connectivity index is 2.96. The minimum absolute atomic E-state index is 0.866. The molecule has 2 N–H and O–H groups in total. The molecule has 0 atom stereocenters. The van der Waals surface area contributed by atoms with Gasteiger partial charge in [0, 0.05) is 11.1 Å². The first-order valence-electron chi connectivity index (χ1n) is 4.03. The van der Waals surface area contributed by atoms with E-state index in [1.54, 1.807) is 0 Å². The number of nitrogen functional groups attached to an aromatic ring is 1. The SMILES string of the molecule is Cc1cccc2cccc(N)c12. The van der Waals surface area contributed by atoms with Crippen molar-refractivity contribution in [2.24, 2.45) is 0 Å². The van der Waals surface area contributed by atoms with Gasteiger partial charge in [0.25, 0.3) is 0 Å². The van der Waals surface area contributed by atoms with Gasteiger partial charge >= 0.3 is 0 Å². The molecular formula is C11H11N. The van der Waals surface area contributed by atoms with Crippen molar-refractivity contribution in [2.75, 3.05) is 5.73 Å². The molecule has 0 spiro atoms. The summed E-state index contributed by atoms with van der Waals surface area (Å²) in [6.45, 7) is 2.08. The zero-order valence-corrected chi connectivity index (χ0v) is 7.04. The topological polar surface area (TPSA) is 26.0 Å². The van der Waals surface area contributed by atoms with Crippen LogP contribution < -0.4 is 5.73 Å². The Morgan fingerprint density at radius 3 is 2.33 bits per heavy atom. The predicted octanol–water partition coefficient (Wildman–Crippen LogP) is 2.73. The zero-order chi connectivity index (χ0) is 8.55. The fourth-order valence-corrected chi connectivity index (χ4v) is 1.56. The summed E-state index contributed by atoms with van der Waals surface area (Å²) < 4.78 is 0. The van der Waals surface area contributed by atoms with Crippen molar-refractivity contribution in [1.82, 2.24) is 0 Å². The van der Waals surface area contributed by atoms with Crippen molar-refractivity contribution in [3.05, 3.63) is 42.0 Å². The van der Waals surface area contributed by atoms with Crippen molar-refractivity contribution in [3.63, 3.8) is 0 Å². The third-order valence-electron chi connectivity index (χ3n) is 2.15. The van der Waals surface area contributed by atoms with Gasteiger partial charge in [0.05, 0.1) is 0 Å². The molecule has 0 bridgehead atoms. The lowest BCUT2D eigenvalue weighted by atomic mass is 10.0. The van der Waals surface area contributed by atoms with E-state index in [0.29, 0.717) is 0 Å². The molecule has 0 saturated carbocycles. The maximum absolute atomic E-state index is 5.86. The lowest BCUT2D eigenvalue weighted by Gasteiger charge is -2.03. The molecule has 0 unspecified atom stereocenters. The number of rotatable bonds is 0. The second-order valence-electron chi connectivity index (χ2n) is 3.02. The second kappa shape index (κ2) is 2.52. The fraction of sp³-hybridized carbons (Fsp3) is 0.0909. The van der Waals surface area contributed by atoms with Crippen molar-refractivity contribution < 1.29 is 0 Å². The van der Waals surface area contributed by atoms with Gasteiger partial charge in [-0.1, -0.05) is 30.3 Å². The molecule has 2 aromatic carbocycles. The van der Waals surface area contributed by atoms with E-state index >= 15 is 0 Å². The predicted molar refractivity (Wildman–Crippen MR) is 53.1 cm³/mol. The lowest BCUT2D eigenvalue weighted by Crippen LogP contribution is -1.88. The van der Waals surface area contributed by atoms with E-state index in [0.717, 1.165) is 5.69 Å². The fourth-order valence-electron chi connectivity index (χ4n) is 1.56. The van der Waals surface area contributed by atoms with Crippen LogP contribution >= 0.6 is 0 Å². The van der Waals surface area contributed by atoms with Crippen LogP contribution in [0.3, 0.4) is 0 Å². The molecule has 0 fully saturated rings. The highest BCUT2D eigenvalue weighted by Crippen LogP contribution is 2.23. The van der Waals surface area contributed by atoms with Crippen LogP contribution in [0.15, 0.2) is 36.4 Å². The minimum atomic E-state index is 0.866. The molecule has 0 amide bonds. The van der Waals surface area contributed by atoms with Crippen LogP contribution in [0.5, 0.6) is 0 Å². The first-order chi connectivity index (χ1) is 5.79. The zero-order valence-electron chi connectivity index (χ0n) is 7.04. The molecule has 0 radical (unpaired) electrons. The second-order valence-corrected chi connectivity index (χ2v) is 3.02. The normalized spacial score (nSPS) is 10.4. The first-order valence-corrected chi connectivity index (χ1v) is 4.03. The van der Waals surface area contributed by atoms with Crippen LogP contribution in [0.4, 0.5) is 5.69 Å². The first kappa shape index (κ1) is 7.17. The van der Waals surface area contributed by atoms with E-state index in [-0.39, 0.29) is 0 Å². The summed E-state index contributed by atoms with van der Waals surface area (Å²) in [6, 6.07) is 12.2. The van der Waals surface area contributed by atoms with Gasteiger partial charge in [-0.05, 0) is 23.9 Å². The van der Waals surface area contributed by atoms with Crippen LogP contribution in [0.25, 0.3) is 10.8 Å². The number of aryl methyl sites for hydroxylation is 1. The molecule has 1 nitrogen and oxygen atoms in total. The monoisotopic (exact) mass is 157 g/mol. The molecule has 0 saturated heterocycles. The van der Waals surface area contributed by atoms with E-state index in [1.165, 1.54) is 16.3 Å². The summed E-state index contributed by atoms with van der Waals surface area (Å²) in [6.07, 6.45) is 0. The number of anilines is 1. The maximum atomic E-state index is 5.86. The maximum Gasteiger partial charge on any atom is 0.0396 e. The quantitative estimate of drug-likeness (QED) is 0.584. The van der Waals surface area contributed by atoms with E-state index in [1.807, 2.05) is 12.1 Å². The average molecular weight is 157 g/mol. The van der Waals surface area contributed by atoms with Gasteiger partial charge in [0.1, 0.15) is 0 Å². The molecule has 2 rings (SSSR count). The molecular weight excluding hydrogens is 146 g/mol. The Hall–Kier alpha value is -1.50. The summed E-state index contributed by atoms with van der Waals surface area (Å²) in [5.41, 5.74) is 7.96. The van der Waals surface area contributed by atoms with Crippen LogP contribution in [0.1, 0.15) is 5.56 Å². The third-order valence-corrected chi connectivity index (χ3v) is 2.15. The Morgan fingerprint density at radius 1 is 1.00 bits per heavy atom. The van der Waals surface area contributed by atoms with Gasteiger partial charge < -0.3 is 5.73 Å². The molecule has 12 heavy (non-hydrogen) atoms. The number of nitrogens with two attached hydrogens (primary N) is 1. The largest absolute Gasteiger partial charge is 0.398 e. The molecule has 2 aromatic rings. The standard InChI is InChI=1S/C11H11N/c1-8-4-2-5-9-6-3-7-10(12)11(8)9/h2-7H,12H2,1H3. The summed E-state index contributed by atoms with van der Waals surface area (Å²) >= 11 is 0. The van der Waals surface area contributed by atoms with Gasteiger partial charge in [-0.2, -0.15) is 0 Å². The van der Waals surface area contributed by atoms with E-state index in [9.17, 15) is 0 Å². The van der Waals surface area contributed by atoms with Gasteiger partial charge in [-0.3, -0.25) is 0 Å². The number of hydrogen-bond acceptors (Lipinski definition) is 1. The minimum Gasteiger partial charge on any atom is -0.398 e.